The van der Waals surface area contributed by atoms with Crippen LogP contribution in [0.15, 0.2) is 34.9 Å². The zero-order valence-corrected chi connectivity index (χ0v) is 13.6. The third-order valence-electron chi connectivity index (χ3n) is 2.88. The molecule has 2 rings (SSSR count). The number of nitrogens with one attached hydrogen (secondary N) is 2. The van der Waals surface area contributed by atoms with Gasteiger partial charge in [-0.25, -0.2) is 0 Å². The molecule has 2 N–H and O–H groups in total. The highest BCUT2D eigenvalue weighted by atomic mass is 35.5. The van der Waals surface area contributed by atoms with Crippen molar-refractivity contribution in [3.05, 3.63) is 45.5 Å². The summed E-state index contributed by atoms with van der Waals surface area (Å²) in [6.45, 7) is 5.03. The topological polar surface area (TPSA) is 54.3 Å². The van der Waals surface area contributed by atoms with Gasteiger partial charge in [0.15, 0.2) is 0 Å². The van der Waals surface area contributed by atoms with Crippen LogP contribution in [0, 0.1) is 5.92 Å². The summed E-state index contributed by atoms with van der Waals surface area (Å²) >= 11 is 7.47. The molecule has 0 saturated heterocycles. The average Bonchev–Trinajstić information content (AvgIpc) is 3.09. The number of thiophene rings is 1. The first-order valence-electron chi connectivity index (χ1n) is 6.85. The lowest BCUT2D eigenvalue weighted by molar-refractivity contribution is -0.120. The zero-order chi connectivity index (χ0) is 15.2. The van der Waals surface area contributed by atoms with E-state index in [9.17, 15) is 4.79 Å². The van der Waals surface area contributed by atoms with E-state index >= 15 is 0 Å². The normalized spacial score (nSPS) is 12.6. The van der Waals surface area contributed by atoms with Gasteiger partial charge in [-0.1, -0.05) is 25.4 Å². The van der Waals surface area contributed by atoms with E-state index in [-0.39, 0.29) is 18.5 Å². The summed E-state index contributed by atoms with van der Waals surface area (Å²) in [5, 5.41) is 6.11. The first kappa shape index (κ1) is 16.1. The van der Waals surface area contributed by atoms with Crippen LogP contribution in [0.4, 0.5) is 0 Å². The molecule has 1 atom stereocenters. The van der Waals surface area contributed by atoms with Gasteiger partial charge in [-0.15, -0.1) is 11.3 Å². The Morgan fingerprint density at radius 2 is 2.19 bits per heavy atom. The summed E-state index contributed by atoms with van der Waals surface area (Å²) in [6.07, 6.45) is 1.62. The molecule has 2 heterocycles. The SMILES string of the molecule is CC(C)CNC(=O)CNC(c1ccco1)c1ccc(Cl)s1. The molecule has 0 fully saturated rings. The number of hydrogen-bond acceptors (Lipinski definition) is 4. The van der Waals surface area contributed by atoms with E-state index in [0.29, 0.717) is 16.8 Å². The summed E-state index contributed by atoms with van der Waals surface area (Å²) < 4.78 is 6.17. The molecule has 2 aromatic heterocycles. The van der Waals surface area contributed by atoms with Crippen LogP contribution in [0.2, 0.25) is 4.34 Å². The predicted molar refractivity (Wildman–Crippen MR) is 85.7 cm³/mol. The van der Waals surface area contributed by atoms with Crippen LogP contribution in [0.1, 0.15) is 30.5 Å². The van der Waals surface area contributed by atoms with Crippen LogP contribution in [0.3, 0.4) is 0 Å². The van der Waals surface area contributed by atoms with Crippen molar-refractivity contribution in [2.45, 2.75) is 19.9 Å². The Morgan fingerprint density at radius 1 is 1.38 bits per heavy atom. The predicted octanol–water partition coefficient (Wildman–Crippen LogP) is 3.45. The van der Waals surface area contributed by atoms with Gasteiger partial charge in [-0.3, -0.25) is 10.1 Å². The van der Waals surface area contributed by atoms with Crippen molar-refractivity contribution < 1.29 is 9.21 Å². The maximum atomic E-state index is 11.8. The van der Waals surface area contributed by atoms with Crippen molar-refractivity contribution in [1.29, 1.82) is 0 Å². The van der Waals surface area contributed by atoms with E-state index in [1.807, 2.05) is 24.3 Å². The molecule has 21 heavy (non-hydrogen) atoms. The minimum Gasteiger partial charge on any atom is -0.467 e. The quantitative estimate of drug-likeness (QED) is 0.819. The van der Waals surface area contributed by atoms with E-state index in [1.54, 1.807) is 6.26 Å². The number of rotatable bonds is 7. The van der Waals surface area contributed by atoms with Gasteiger partial charge in [-0.2, -0.15) is 0 Å². The van der Waals surface area contributed by atoms with Gasteiger partial charge < -0.3 is 9.73 Å². The van der Waals surface area contributed by atoms with Gasteiger partial charge >= 0.3 is 0 Å². The summed E-state index contributed by atoms with van der Waals surface area (Å²) in [5.74, 6) is 1.18. The van der Waals surface area contributed by atoms with Crippen LogP contribution in [0.5, 0.6) is 0 Å². The Bertz CT molecular complexity index is 566. The summed E-state index contributed by atoms with van der Waals surface area (Å²) in [4.78, 5) is 12.9. The first-order valence-corrected chi connectivity index (χ1v) is 8.04. The van der Waals surface area contributed by atoms with Crippen LogP contribution in [-0.2, 0) is 4.79 Å². The summed E-state index contributed by atoms with van der Waals surface area (Å²) in [5.41, 5.74) is 0. The molecule has 0 aliphatic rings. The van der Waals surface area contributed by atoms with E-state index < -0.39 is 0 Å². The van der Waals surface area contributed by atoms with Gasteiger partial charge in [0.25, 0.3) is 0 Å². The number of amides is 1. The summed E-state index contributed by atoms with van der Waals surface area (Å²) in [7, 11) is 0. The zero-order valence-electron chi connectivity index (χ0n) is 12.1. The lowest BCUT2D eigenvalue weighted by Crippen LogP contribution is -2.37. The molecular formula is C15H19ClN2O2S. The number of halogens is 1. The maximum absolute atomic E-state index is 11.8. The molecule has 0 radical (unpaired) electrons. The number of furan rings is 1. The van der Waals surface area contributed by atoms with Gasteiger partial charge in [0.05, 0.1) is 17.1 Å². The summed E-state index contributed by atoms with van der Waals surface area (Å²) in [6, 6.07) is 7.34. The third kappa shape index (κ3) is 4.88. The number of hydrogen-bond donors (Lipinski definition) is 2. The molecule has 2 aromatic rings. The second-order valence-corrected chi connectivity index (χ2v) is 6.92. The fourth-order valence-electron chi connectivity index (χ4n) is 1.86. The Kier molecular flexibility index (Phi) is 5.85. The molecule has 0 saturated carbocycles. The molecule has 6 heteroatoms. The average molecular weight is 327 g/mol. The maximum Gasteiger partial charge on any atom is 0.233 e. The lowest BCUT2D eigenvalue weighted by atomic mass is 10.2. The standard InChI is InChI=1S/C15H19ClN2O2S/c1-10(2)8-17-14(19)9-18-15(11-4-3-7-20-11)12-5-6-13(16)21-12/h3-7,10,15,18H,8-9H2,1-2H3,(H,17,19). The van der Waals surface area contributed by atoms with Crippen LogP contribution in [-0.4, -0.2) is 19.0 Å². The van der Waals surface area contributed by atoms with Crippen molar-refractivity contribution in [3.63, 3.8) is 0 Å². The van der Waals surface area contributed by atoms with Crippen molar-refractivity contribution in [2.24, 2.45) is 5.92 Å². The fourth-order valence-corrected chi connectivity index (χ4v) is 3.00. The molecule has 0 aliphatic carbocycles. The Hall–Kier alpha value is -1.30. The van der Waals surface area contributed by atoms with Gasteiger partial charge in [0.1, 0.15) is 11.8 Å². The molecule has 114 valence electrons. The number of carbonyl (C=O) groups is 1. The first-order chi connectivity index (χ1) is 10.1. The van der Waals surface area contributed by atoms with Crippen LogP contribution < -0.4 is 10.6 Å². The molecule has 0 aliphatic heterocycles. The Labute approximate surface area is 133 Å². The third-order valence-corrected chi connectivity index (χ3v) is 4.18. The highest BCUT2D eigenvalue weighted by Crippen LogP contribution is 2.31. The van der Waals surface area contributed by atoms with E-state index in [0.717, 1.165) is 10.6 Å². The molecule has 1 amide bonds. The van der Waals surface area contributed by atoms with Crippen molar-refractivity contribution in [2.75, 3.05) is 13.1 Å². The second kappa shape index (κ2) is 7.64. The van der Waals surface area contributed by atoms with Gasteiger partial charge in [-0.05, 0) is 30.2 Å². The van der Waals surface area contributed by atoms with Crippen LogP contribution >= 0.6 is 22.9 Å². The molecule has 1 unspecified atom stereocenters. The highest BCUT2D eigenvalue weighted by molar-refractivity contribution is 7.16. The van der Waals surface area contributed by atoms with E-state index in [1.165, 1.54) is 11.3 Å². The van der Waals surface area contributed by atoms with E-state index in [4.69, 9.17) is 16.0 Å². The Morgan fingerprint density at radius 3 is 2.76 bits per heavy atom. The van der Waals surface area contributed by atoms with E-state index in [2.05, 4.69) is 24.5 Å². The van der Waals surface area contributed by atoms with Crippen molar-refractivity contribution in [1.82, 2.24) is 10.6 Å². The molecule has 0 bridgehead atoms. The largest absolute Gasteiger partial charge is 0.467 e. The smallest absolute Gasteiger partial charge is 0.233 e. The molecular weight excluding hydrogens is 308 g/mol. The fraction of sp³-hybridized carbons (Fsp3) is 0.400. The minimum atomic E-state index is -0.165. The minimum absolute atomic E-state index is 0.0251. The molecule has 4 nitrogen and oxygen atoms in total. The second-order valence-electron chi connectivity index (χ2n) is 5.17. The van der Waals surface area contributed by atoms with Crippen molar-refractivity contribution >= 4 is 28.8 Å². The monoisotopic (exact) mass is 326 g/mol. The van der Waals surface area contributed by atoms with Crippen molar-refractivity contribution in [3.8, 4) is 0 Å². The Balaban J connectivity index is 1.99. The van der Waals surface area contributed by atoms with Gasteiger partial charge in [0.2, 0.25) is 5.91 Å². The molecule has 0 aromatic carbocycles. The van der Waals surface area contributed by atoms with Gasteiger partial charge in [0, 0.05) is 11.4 Å². The van der Waals surface area contributed by atoms with Crippen LogP contribution in [0.25, 0.3) is 0 Å². The highest BCUT2D eigenvalue weighted by Gasteiger charge is 2.19. The lowest BCUT2D eigenvalue weighted by Gasteiger charge is -2.15. The number of carbonyl (C=O) groups excluding carboxylic acids is 1. The molecule has 0 spiro atoms.